The van der Waals surface area contributed by atoms with Gasteiger partial charge in [0.1, 0.15) is 11.5 Å². The van der Waals surface area contributed by atoms with E-state index in [1.807, 2.05) is 48.5 Å². The third-order valence-electron chi connectivity index (χ3n) is 6.42. The van der Waals surface area contributed by atoms with Crippen LogP contribution in [-0.2, 0) is 4.79 Å². The van der Waals surface area contributed by atoms with Crippen LogP contribution in [0.4, 0.5) is 0 Å². The summed E-state index contributed by atoms with van der Waals surface area (Å²) in [4.78, 5) is 16.9. The van der Waals surface area contributed by atoms with Crippen molar-refractivity contribution in [3.8, 4) is 5.75 Å². The molecule has 0 spiro atoms. The molecule has 1 aliphatic heterocycles. The van der Waals surface area contributed by atoms with Gasteiger partial charge in [-0.15, -0.1) is 0 Å². The number of ketones is 1. The third-order valence-corrected chi connectivity index (χ3v) is 6.42. The summed E-state index contributed by atoms with van der Waals surface area (Å²) in [5.74, 6) is 1.92. The molecule has 1 N–H and O–H groups in total. The van der Waals surface area contributed by atoms with Crippen molar-refractivity contribution < 1.29 is 9.53 Å². The van der Waals surface area contributed by atoms with Gasteiger partial charge in [-0.05, 0) is 29.2 Å². The van der Waals surface area contributed by atoms with Crippen molar-refractivity contribution in [2.45, 2.75) is 24.7 Å². The molecular weight excluding hydrogens is 370 g/mol. The van der Waals surface area contributed by atoms with Gasteiger partial charge in [0, 0.05) is 47.0 Å². The molecule has 2 heterocycles. The molecule has 2 atom stereocenters. The van der Waals surface area contributed by atoms with E-state index in [4.69, 9.17) is 4.74 Å². The fourth-order valence-corrected chi connectivity index (χ4v) is 5.03. The third kappa shape index (κ3) is 2.62. The summed E-state index contributed by atoms with van der Waals surface area (Å²) in [6, 6.07) is 26.7. The van der Waals surface area contributed by atoms with Gasteiger partial charge < -0.3 is 9.72 Å². The summed E-state index contributed by atoms with van der Waals surface area (Å²) in [7, 11) is 0. The lowest BCUT2D eigenvalue weighted by Crippen LogP contribution is -2.28. The summed E-state index contributed by atoms with van der Waals surface area (Å²) in [6.07, 6.45) is 3.32. The van der Waals surface area contributed by atoms with Crippen LogP contribution in [0.1, 0.15) is 41.4 Å². The van der Waals surface area contributed by atoms with Gasteiger partial charge in [-0.25, -0.2) is 0 Å². The van der Waals surface area contributed by atoms with Crippen LogP contribution >= 0.6 is 0 Å². The Bertz CT molecular complexity index is 1300. The number of para-hydroxylation sites is 2. The Hall–Kier alpha value is -3.59. The van der Waals surface area contributed by atoms with Crippen LogP contribution in [0.2, 0.25) is 0 Å². The molecule has 4 aromatic rings. The molecule has 0 bridgehead atoms. The Labute approximate surface area is 175 Å². The maximum absolute atomic E-state index is 13.5. The largest absolute Gasteiger partial charge is 0.461 e. The van der Waals surface area contributed by atoms with Crippen LogP contribution in [0, 0.1) is 0 Å². The first-order chi connectivity index (χ1) is 14.8. The first kappa shape index (κ1) is 17.3. The Morgan fingerprint density at radius 3 is 2.47 bits per heavy atom. The van der Waals surface area contributed by atoms with Crippen molar-refractivity contribution in [2.75, 3.05) is 0 Å². The fourth-order valence-electron chi connectivity index (χ4n) is 5.03. The molecule has 0 amide bonds. The predicted molar refractivity (Wildman–Crippen MR) is 118 cm³/mol. The lowest BCUT2D eigenvalue weighted by Gasteiger charge is -2.35. The van der Waals surface area contributed by atoms with Crippen molar-refractivity contribution in [3.63, 3.8) is 0 Å². The molecule has 2 unspecified atom stereocenters. The number of hydrogen-bond donors (Lipinski definition) is 1. The van der Waals surface area contributed by atoms with E-state index < -0.39 is 0 Å². The fraction of sp³-hybridized carbons (Fsp3) is 0.148. The number of ether oxygens (including phenoxy) is 1. The summed E-state index contributed by atoms with van der Waals surface area (Å²) in [5.41, 5.74) is 5.31. The quantitative estimate of drug-likeness (QED) is 0.449. The second kappa shape index (κ2) is 6.74. The number of aromatic amines is 1. The topological polar surface area (TPSA) is 42.1 Å². The average molecular weight is 391 g/mol. The van der Waals surface area contributed by atoms with Gasteiger partial charge in [0.25, 0.3) is 0 Å². The molecule has 0 radical (unpaired) electrons. The number of rotatable bonds is 2. The zero-order chi connectivity index (χ0) is 20.1. The Kier molecular flexibility index (Phi) is 3.88. The highest BCUT2D eigenvalue weighted by Gasteiger charge is 2.40. The summed E-state index contributed by atoms with van der Waals surface area (Å²) in [5, 5.41) is 1.16. The molecule has 3 heteroatoms. The van der Waals surface area contributed by atoms with Gasteiger partial charge in [-0.2, -0.15) is 0 Å². The number of nitrogens with one attached hydrogen (secondary N) is 1. The van der Waals surface area contributed by atoms with Gasteiger partial charge in [0.05, 0.1) is 0 Å². The van der Waals surface area contributed by atoms with Gasteiger partial charge >= 0.3 is 0 Å². The zero-order valence-corrected chi connectivity index (χ0v) is 16.5. The van der Waals surface area contributed by atoms with E-state index >= 15 is 0 Å². The molecule has 1 aliphatic carbocycles. The number of benzene rings is 3. The van der Waals surface area contributed by atoms with Crippen LogP contribution in [-0.4, -0.2) is 10.8 Å². The van der Waals surface area contributed by atoms with Gasteiger partial charge in [-0.3, -0.25) is 4.79 Å². The van der Waals surface area contributed by atoms with Crippen LogP contribution in [0.5, 0.6) is 5.75 Å². The van der Waals surface area contributed by atoms with E-state index in [2.05, 4.69) is 41.5 Å². The number of fused-ring (bicyclic) bond motifs is 2. The number of carbonyl (C=O) groups is 1. The Morgan fingerprint density at radius 1 is 0.800 bits per heavy atom. The standard InChI is InChI=1S/C27H21NO2/c29-23-14-18(17-8-2-1-3-9-17)15-25-27(23)26(20-11-5-7-13-24(20)30-25)21-16-28-22-12-6-4-10-19(21)22/h1-13,16,18,26,28H,14-15H2. The number of aromatic nitrogens is 1. The number of allylic oxidation sites excluding steroid dienone is 2. The molecule has 0 saturated carbocycles. The molecule has 6 rings (SSSR count). The van der Waals surface area contributed by atoms with Crippen molar-refractivity contribution in [1.29, 1.82) is 0 Å². The van der Waals surface area contributed by atoms with Crippen LogP contribution in [0.15, 0.2) is 96.4 Å². The maximum Gasteiger partial charge on any atom is 0.163 e. The van der Waals surface area contributed by atoms with E-state index in [1.165, 1.54) is 5.56 Å². The molecule has 0 fully saturated rings. The highest BCUT2D eigenvalue weighted by atomic mass is 16.5. The summed E-state index contributed by atoms with van der Waals surface area (Å²) >= 11 is 0. The number of Topliss-reactive ketones (excluding diaryl/α,β-unsaturated/α-hetero) is 1. The van der Waals surface area contributed by atoms with E-state index in [0.717, 1.165) is 45.5 Å². The highest BCUT2D eigenvalue weighted by molar-refractivity contribution is 6.01. The molecular formula is C27H21NO2. The lowest BCUT2D eigenvalue weighted by atomic mass is 9.73. The maximum atomic E-state index is 13.5. The minimum absolute atomic E-state index is 0.106. The normalized spacial score (nSPS) is 20.6. The predicted octanol–water partition coefficient (Wildman–Crippen LogP) is 6.09. The Balaban J connectivity index is 1.53. The first-order valence-electron chi connectivity index (χ1n) is 10.4. The molecule has 2 aliphatic rings. The number of carbonyl (C=O) groups excluding carboxylic acids is 1. The molecule has 0 saturated heterocycles. The van der Waals surface area contributed by atoms with Crippen molar-refractivity contribution >= 4 is 16.7 Å². The number of hydrogen-bond acceptors (Lipinski definition) is 2. The van der Waals surface area contributed by atoms with Crippen molar-refractivity contribution in [2.24, 2.45) is 0 Å². The van der Waals surface area contributed by atoms with Gasteiger partial charge in [0.15, 0.2) is 5.78 Å². The molecule has 30 heavy (non-hydrogen) atoms. The highest BCUT2D eigenvalue weighted by Crippen LogP contribution is 2.50. The van der Waals surface area contributed by atoms with Crippen molar-refractivity contribution in [3.05, 3.63) is 113 Å². The summed E-state index contributed by atoms with van der Waals surface area (Å²) < 4.78 is 6.35. The van der Waals surface area contributed by atoms with E-state index in [9.17, 15) is 4.79 Å². The van der Waals surface area contributed by atoms with Gasteiger partial charge in [0.2, 0.25) is 0 Å². The first-order valence-corrected chi connectivity index (χ1v) is 10.4. The molecule has 3 nitrogen and oxygen atoms in total. The molecule has 1 aromatic heterocycles. The van der Waals surface area contributed by atoms with Crippen LogP contribution < -0.4 is 4.74 Å². The lowest BCUT2D eigenvalue weighted by molar-refractivity contribution is -0.117. The van der Waals surface area contributed by atoms with E-state index in [1.54, 1.807) is 0 Å². The minimum Gasteiger partial charge on any atom is -0.461 e. The number of H-pyrrole nitrogens is 1. The van der Waals surface area contributed by atoms with Crippen LogP contribution in [0.25, 0.3) is 10.9 Å². The van der Waals surface area contributed by atoms with E-state index in [-0.39, 0.29) is 17.6 Å². The average Bonchev–Trinajstić information content (AvgIpc) is 3.22. The minimum atomic E-state index is -0.106. The second-order valence-electron chi connectivity index (χ2n) is 8.14. The van der Waals surface area contributed by atoms with Crippen molar-refractivity contribution in [1.82, 2.24) is 4.98 Å². The molecule has 146 valence electrons. The second-order valence-corrected chi connectivity index (χ2v) is 8.14. The summed E-state index contributed by atoms with van der Waals surface area (Å²) in [6.45, 7) is 0. The van der Waals surface area contributed by atoms with E-state index in [0.29, 0.717) is 6.42 Å². The van der Waals surface area contributed by atoms with Crippen LogP contribution in [0.3, 0.4) is 0 Å². The smallest absolute Gasteiger partial charge is 0.163 e. The zero-order valence-electron chi connectivity index (χ0n) is 16.5. The monoisotopic (exact) mass is 391 g/mol. The van der Waals surface area contributed by atoms with Gasteiger partial charge in [-0.1, -0.05) is 66.7 Å². The molecule has 3 aromatic carbocycles. The SMILES string of the molecule is O=C1CC(c2ccccc2)CC2=C1C(c1c[nH]c3ccccc13)c1ccccc1O2. The Morgan fingerprint density at radius 2 is 1.57 bits per heavy atom.